The van der Waals surface area contributed by atoms with Crippen molar-refractivity contribution in [2.45, 2.75) is 6.42 Å². The average molecular weight is 686 g/mol. The maximum atomic E-state index is 6.10. The standard InChI is InChI=1S/C13H6I4O/c14-9-7-5-6-3-1-2-4-8(6)18-13(7)12(17)11(16)10(9)15/h1-4H,5H2. The number of benzene rings is 2. The van der Waals surface area contributed by atoms with E-state index in [1.165, 1.54) is 25.4 Å². The zero-order valence-electron chi connectivity index (χ0n) is 8.94. The van der Waals surface area contributed by atoms with Crippen LogP contribution < -0.4 is 4.74 Å². The van der Waals surface area contributed by atoms with Gasteiger partial charge in [-0.05, 0) is 102 Å². The molecule has 0 aliphatic carbocycles. The highest BCUT2D eigenvalue weighted by Crippen LogP contribution is 2.44. The number of fused-ring (bicyclic) bond motifs is 2. The normalized spacial score (nSPS) is 12.7. The molecule has 92 valence electrons. The fraction of sp³-hybridized carbons (Fsp3) is 0.0769. The summed E-state index contributed by atoms with van der Waals surface area (Å²) in [6, 6.07) is 8.29. The third kappa shape index (κ3) is 2.30. The van der Waals surface area contributed by atoms with Gasteiger partial charge < -0.3 is 4.74 Å². The zero-order chi connectivity index (χ0) is 12.9. The van der Waals surface area contributed by atoms with Crippen LogP contribution in [-0.2, 0) is 6.42 Å². The Morgan fingerprint density at radius 2 is 1.50 bits per heavy atom. The molecular formula is C13H6I4O. The fourth-order valence-electron chi connectivity index (χ4n) is 1.97. The molecule has 0 amide bonds. The van der Waals surface area contributed by atoms with Gasteiger partial charge in [-0.2, -0.15) is 0 Å². The van der Waals surface area contributed by atoms with Crippen molar-refractivity contribution in [3.63, 3.8) is 0 Å². The molecule has 0 atom stereocenters. The molecule has 0 N–H and O–H groups in total. The lowest BCUT2D eigenvalue weighted by atomic mass is 10.0. The Labute approximate surface area is 160 Å². The van der Waals surface area contributed by atoms with Crippen LogP contribution in [0.4, 0.5) is 0 Å². The van der Waals surface area contributed by atoms with Gasteiger partial charge in [-0.15, -0.1) is 0 Å². The van der Waals surface area contributed by atoms with E-state index in [0.717, 1.165) is 17.9 Å². The molecule has 3 rings (SSSR count). The summed E-state index contributed by atoms with van der Waals surface area (Å²) in [4.78, 5) is 0. The van der Waals surface area contributed by atoms with Crippen LogP contribution in [0.5, 0.6) is 11.5 Å². The van der Waals surface area contributed by atoms with Gasteiger partial charge in [0.05, 0.1) is 3.57 Å². The summed E-state index contributed by atoms with van der Waals surface area (Å²) >= 11 is 9.65. The first kappa shape index (κ1) is 14.1. The van der Waals surface area contributed by atoms with Crippen LogP contribution in [0.15, 0.2) is 24.3 Å². The Bertz CT molecular complexity index is 596. The third-order valence-corrected chi connectivity index (χ3v) is 10.3. The molecule has 18 heavy (non-hydrogen) atoms. The van der Waals surface area contributed by atoms with Crippen molar-refractivity contribution in [1.82, 2.24) is 0 Å². The number of hydrogen-bond donors (Lipinski definition) is 0. The SMILES string of the molecule is Ic1c(I)c(I)c2c(c1I)Cc1ccccc1O2. The summed E-state index contributed by atoms with van der Waals surface area (Å²) in [6.07, 6.45) is 0.965. The third-order valence-electron chi connectivity index (χ3n) is 2.87. The summed E-state index contributed by atoms with van der Waals surface area (Å²) in [7, 11) is 0. The van der Waals surface area contributed by atoms with E-state index in [2.05, 4.69) is 102 Å². The maximum Gasteiger partial charge on any atom is 0.146 e. The van der Waals surface area contributed by atoms with E-state index in [1.54, 1.807) is 0 Å². The summed E-state index contributed by atoms with van der Waals surface area (Å²) in [5.74, 6) is 2.04. The van der Waals surface area contributed by atoms with Gasteiger partial charge in [0.25, 0.3) is 0 Å². The molecule has 0 bridgehead atoms. The number of hydrogen-bond acceptors (Lipinski definition) is 1. The second-order valence-corrected chi connectivity index (χ2v) is 8.27. The number of rotatable bonds is 0. The predicted octanol–water partition coefficient (Wildman–Crippen LogP) is 5.80. The number of para-hydroxylation sites is 1. The highest BCUT2D eigenvalue weighted by Gasteiger charge is 2.25. The number of halogens is 4. The Kier molecular flexibility index (Phi) is 4.32. The molecular weight excluding hydrogens is 680 g/mol. The van der Waals surface area contributed by atoms with E-state index >= 15 is 0 Å². The molecule has 0 fully saturated rings. The second kappa shape index (κ2) is 5.51. The Hall–Kier alpha value is 1.16. The quantitative estimate of drug-likeness (QED) is 0.165. The van der Waals surface area contributed by atoms with Gasteiger partial charge in [0, 0.05) is 22.7 Å². The maximum absolute atomic E-state index is 6.10. The minimum atomic E-state index is 0.965. The van der Waals surface area contributed by atoms with E-state index in [0.29, 0.717) is 0 Å². The van der Waals surface area contributed by atoms with Gasteiger partial charge in [0.15, 0.2) is 0 Å². The van der Waals surface area contributed by atoms with Crippen LogP contribution in [0.25, 0.3) is 0 Å². The lowest BCUT2D eigenvalue weighted by Crippen LogP contribution is -2.09. The summed E-state index contributed by atoms with van der Waals surface area (Å²) in [6.45, 7) is 0. The van der Waals surface area contributed by atoms with Gasteiger partial charge in [-0.1, -0.05) is 18.2 Å². The van der Waals surface area contributed by atoms with E-state index in [1.807, 2.05) is 12.1 Å². The molecule has 1 aliphatic heterocycles. The number of ether oxygens (including phenoxy) is 1. The predicted molar refractivity (Wildman–Crippen MR) is 107 cm³/mol. The minimum absolute atomic E-state index is 0.965. The molecule has 2 aromatic rings. The molecule has 0 radical (unpaired) electrons. The summed E-state index contributed by atoms with van der Waals surface area (Å²) in [5, 5.41) is 0. The van der Waals surface area contributed by atoms with Gasteiger partial charge >= 0.3 is 0 Å². The van der Waals surface area contributed by atoms with Gasteiger partial charge in [0.1, 0.15) is 11.5 Å². The van der Waals surface area contributed by atoms with E-state index in [-0.39, 0.29) is 0 Å². The molecule has 1 nitrogen and oxygen atoms in total. The van der Waals surface area contributed by atoms with Crippen LogP contribution in [0.2, 0.25) is 0 Å². The van der Waals surface area contributed by atoms with Crippen LogP contribution >= 0.6 is 90.4 Å². The molecule has 0 spiro atoms. The van der Waals surface area contributed by atoms with Gasteiger partial charge in [-0.25, -0.2) is 0 Å². The Morgan fingerprint density at radius 3 is 2.28 bits per heavy atom. The largest absolute Gasteiger partial charge is 0.456 e. The highest BCUT2D eigenvalue weighted by atomic mass is 127. The molecule has 0 unspecified atom stereocenters. The fourth-order valence-corrected chi connectivity index (χ4v) is 5.52. The molecule has 0 saturated carbocycles. The van der Waals surface area contributed by atoms with E-state index in [9.17, 15) is 0 Å². The molecule has 1 aliphatic rings. The second-order valence-electron chi connectivity index (χ2n) is 3.95. The summed E-state index contributed by atoms with van der Waals surface area (Å²) < 4.78 is 11.3. The zero-order valence-corrected chi connectivity index (χ0v) is 17.6. The summed E-state index contributed by atoms with van der Waals surface area (Å²) in [5.41, 5.74) is 2.60. The van der Waals surface area contributed by atoms with Crippen LogP contribution in [-0.4, -0.2) is 0 Å². The lowest BCUT2D eigenvalue weighted by Gasteiger charge is -2.24. The monoisotopic (exact) mass is 686 g/mol. The van der Waals surface area contributed by atoms with Crippen molar-refractivity contribution < 1.29 is 4.74 Å². The lowest BCUT2D eigenvalue weighted by molar-refractivity contribution is 0.455. The topological polar surface area (TPSA) is 9.23 Å². The first-order chi connectivity index (χ1) is 8.59. The van der Waals surface area contributed by atoms with Crippen molar-refractivity contribution in [3.8, 4) is 11.5 Å². The van der Waals surface area contributed by atoms with E-state index < -0.39 is 0 Å². The van der Waals surface area contributed by atoms with Crippen molar-refractivity contribution in [2.75, 3.05) is 0 Å². The van der Waals surface area contributed by atoms with Crippen LogP contribution in [0, 0.1) is 14.3 Å². The smallest absolute Gasteiger partial charge is 0.146 e. The highest BCUT2D eigenvalue weighted by molar-refractivity contribution is 14.1. The molecule has 1 heterocycles. The average Bonchev–Trinajstić information content (AvgIpc) is 2.41. The van der Waals surface area contributed by atoms with Gasteiger partial charge in [0.2, 0.25) is 0 Å². The van der Waals surface area contributed by atoms with Crippen molar-refractivity contribution >= 4 is 90.4 Å². The molecule has 2 aromatic carbocycles. The van der Waals surface area contributed by atoms with Crippen molar-refractivity contribution in [3.05, 3.63) is 49.7 Å². The Morgan fingerprint density at radius 1 is 0.833 bits per heavy atom. The van der Waals surface area contributed by atoms with Crippen molar-refractivity contribution in [2.24, 2.45) is 0 Å². The van der Waals surface area contributed by atoms with Crippen LogP contribution in [0.3, 0.4) is 0 Å². The molecule has 5 heteroatoms. The van der Waals surface area contributed by atoms with E-state index in [4.69, 9.17) is 4.74 Å². The van der Waals surface area contributed by atoms with Gasteiger partial charge in [-0.3, -0.25) is 0 Å². The van der Waals surface area contributed by atoms with Crippen LogP contribution in [0.1, 0.15) is 11.1 Å². The first-order valence-corrected chi connectivity index (χ1v) is 9.51. The van der Waals surface area contributed by atoms with Crippen molar-refractivity contribution in [1.29, 1.82) is 0 Å². The molecule has 0 aromatic heterocycles. The Balaban J connectivity index is 2.25. The molecule has 0 saturated heterocycles. The first-order valence-electron chi connectivity index (χ1n) is 5.20. The minimum Gasteiger partial charge on any atom is -0.456 e.